The zero-order valence-corrected chi connectivity index (χ0v) is 14.6. The van der Waals surface area contributed by atoms with Gasteiger partial charge in [0.15, 0.2) is 0 Å². The van der Waals surface area contributed by atoms with Crippen molar-refractivity contribution in [1.29, 1.82) is 0 Å². The summed E-state index contributed by atoms with van der Waals surface area (Å²) in [5.41, 5.74) is 1.22. The Hall–Kier alpha value is -2.63. The molecule has 6 heteroatoms. The van der Waals surface area contributed by atoms with E-state index in [1.54, 1.807) is 13.0 Å². The summed E-state index contributed by atoms with van der Waals surface area (Å²) in [6, 6.07) is 9.25. The number of carbonyl (C=O) groups is 1. The Morgan fingerprint density at radius 2 is 1.92 bits per heavy atom. The largest absolute Gasteiger partial charge is 0.491 e. The van der Waals surface area contributed by atoms with Crippen LogP contribution in [0.15, 0.2) is 30.3 Å². The lowest BCUT2D eigenvalue weighted by Gasteiger charge is -2.11. The number of amides is 1. The fourth-order valence-electron chi connectivity index (χ4n) is 2.11. The molecule has 2 aromatic rings. The van der Waals surface area contributed by atoms with E-state index in [1.165, 1.54) is 0 Å². The van der Waals surface area contributed by atoms with Crippen LogP contribution in [0.5, 0.6) is 5.75 Å². The minimum atomic E-state index is -0.189. The van der Waals surface area contributed by atoms with Gasteiger partial charge in [-0.25, -0.2) is 9.97 Å². The number of anilines is 2. The summed E-state index contributed by atoms with van der Waals surface area (Å²) in [7, 11) is 0. The van der Waals surface area contributed by atoms with Crippen LogP contribution in [-0.4, -0.2) is 28.5 Å². The predicted octanol–water partition coefficient (Wildman–Crippen LogP) is 3.46. The van der Waals surface area contributed by atoms with Crippen LogP contribution in [0.25, 0.3) is 0 Å². The fourth-order valence-corrected chi connectivity index (χ4v) is 2.11. The van der Waals surface area contributed by atoms with Crippen LogP contribution in [-0.2, 0) is 0 Å². The first-order chi connectivity index (χ1) is 11.5. The standard InChI is InChI=1S/C18H24N4O2/c1-5-10-19-18(23)16-11-17(21-13(4)20-16)22-14-6-8-15(9-7-14)24-12(2)3/h6-9,11-12H,5,10H2,1-4H3,(H,19,23)(H,20,21,22). The van der Waals surface area contributed by atoms with Gasteiger partial charge in [0.1, 0.15) is 23.1 Å². The summed E-state index contributed by atoms with van der Waals surface area (Å²) in [6.07, 6.45) is 1.02. The number of rotatable bonds is 7. The SMILES string of the molecule is CCCNC(=O)c1cc(Nc2ccc(OC(C)C)cc2)nc(C)n1. The third-order valence-electron chi connectivity index (χ3n) is 3.10. The number of benzene rings is 1. The van der Waals surface area contributed by atoms with Crippen LogP contribution in [0.4, 0.5) is 11.5 Å². The van der Waals surface area contributed by atoms with E-state index in [-0.39, 0.29) is 12.0 Å². The zero-order chi connectivity index (χ0) is 17.5. The number of aromatic nitrogens is 2. The van der Waals surface area contributed by atoms with Gasteiger partial charge in [0, 0.05) is 18.3 Å². The van der Waals surface area contributed by atoms with Gasteiger partial charge in [-0.3, -0.25) is 4.79 Å². The molecule has 0 fully saturated rings. The Morgan fingerprint density at radius 1 is 1.21 bits per heavy atom. The highest BCUT2D eigenvalue weighted by Crippen LogP contribution is 2.20. The first-order valence-electron chi connectivity index (χ1n) is 8.15. The minimum Gasteiger partial charge on any atom is -0.491 e. The summed E-state index contributed by atoms with van der Waals surface area (Å²) in [5.74, 6) is 1.75. The second kappa shape index (κ2) is 8.29. The van der Waals surface area contributed by atoms with Crippen LogP contribution in [0, 0.1) is 6.92 Å². The molecule has 2 rings (SSSR count). The Bertz CT molecular complexity index is 684. The van der Waals surface area contributed by atoms with Crippen molar-refractivity contribution in [1.82, 2.24) is 15.3 Å². The van der Waals surface area contributed by atoms with E-state index < -0.39 is 0 Å². The lowest BCUT2D eigenvalue weighted by atomic mass is 10.3. The number of carbonyl (C=O) groups excluding carboxylic acids is 1. The van der Waals surface area contributed by atoms with Crippen molar-refractivity contribution in [2.45, 2.75) is 40.2 Å². The maximum atomic E-state index is 12.1. The minimum absolute atomic E-state index is 0.137. The Balaban J connectivity index is 2.11. The van der Waals surface area contributed by atoms with Gasteiger partial charge in [0.05, 0.1) is 6.10 Å². The summed E-state index contributed by atoms with van der Waals surface area (Å²) < 4.78 is 5.62. The van der Waals surface area contributed by atoms with E-state index in [4.69, 9.17) is 4.74 Å². The summed E-state index contributed by atoms with van der Waals surface area (Å²) >= 11 is 0. The number of ether oxygens (including phenoxy) is 1. The predicted molar refractivity (Wildman–Crippen MR) is 94.9 cm³/mol. The molecule has 0 spiro atoms. The Kier molecular flexibility index (Phi) is 6.12. The lowest BCUT2D eigenvalue weighted by Crippen LogP contribution is -2.25. The zero-order valence-electron chi connectivity index (χ0n) is 14.6. The summed E-state index contributed by atoms with van der Waals surface area (Å²) in [6.45, 7) is 8.37. The summed E-state index contributed by atoms with van der Waals surface area (Å²) in [5, 5.41) is 6.01. The van der Waals surface area contributed by atoms with Crippen molar-refractivity contribution < 1.29 is 9.53 Å². The average Bonchev–Trinajstić information content (AvgIpc) is 2.53. The van der Waals surface area contributed by atoms with Crippen molar-refractivity contribution in [3.8, 4) is 5.75 Å². The molecule has 0 aliphatic heterocycles. The summed E-state index contributed by atoms with van der Waals surface area (Å²) in [4.78, 5) is 20.6. The molecule has 2 N–H and O–H groups in total. The smallest absolute Gasteiger partial charge is 0.270 e. The maximum Gasteiger partial charge on any atom is 0.270 e. The quantitative estimate of drug-likeness (QED) is 0.814. The molecule has 0 atom stereocenters. The Labute approximate surface area is 142 Å². The highest BCUT2D eigenvalue weighted by Gasteiger charge is 2.10. The molecule has 24 heavy (non-hydrogen) atoms. The second-order valence-corrected chi connectivity index (χ2v) is 5.76. The van der Waals surface area contributed by atoms with E-state index in [2.05, 4.69) is 20.6 Å². The van der Waals surface area contributed by atoms with E-state index in [1.807, 2.05) is 45.0 Å². The second-order valence-electron chi connectivity index (χ2n) is 5.76. The van der Waals surface area contributed by atoms with Crippen molar-refractivity contribution in [3.05, 3.63) is 41.9 Å². The molecule has 0 saturated heterocycles. The molecule has 128 valence electrons. The molecule has 0 radical (unpaired) electrons. The molecule has 0 aliphatic carbocycles. The van der Waals surface area contributed by atoms with E-state index in [9.17, 15) is 4.79 Å². The Morgan fingerprint density at radius 3 is 2.54 bits per heavy atom. The first-order valence-corrected chi connectivity index (χ1v) is 8.15. The lowest BCUT2D eigenvalue weighted by molar-refractivity contribution is 0.0948. The molecule has 1 aromatic heterocycles. The molecular formula is C18H24N4O2. The average molecular weight is 328 g/mol. The van der Waals surface area contributed by atoms with E-state index in [0.29, 0.717) is 23.9 Å². The molecule has 1 amide bonds. The molecule has 0 aliphatic rings. The normalized spacial score (nSPS) is 10.5. The number of nitrogens with zero attached hydrogens (tertiary/aromatic N) is 2. The number of hydrogen-bond acceptors (Lipinski definition) is 5. The van der Waals surface area contributed by atoms with Crippen LogP contribution >= 0.6 is 0 Å². The van der Waals surface area contributed by atoms with Crippen LogP contribution in [0.2, 0.25) is 0 Å². The van der Waals surface area contributed by atoms with Crippen LogP contribution in [0.1, 0.15) is 43.5 Å². The number of hydrogen-bond donors (Lipinski definition) is 2. The third kappa shape index (κ3) is 5.22. The van der Waals surface area contributed by atoms with Gasteiger partial charge < -0.3 is 15.4 Å². The molecule has 1 aromatic carbocycles. The molecule has 0 bridgehead atoms. The highest BCUT2D eigenvalue weighted by atomic mass is 16.5. The molecule has 1 heterocycles. The van der Waals surface area contributed by atoms with Crippen molar-refractivity contribution >= 4 is 17.4 Å². The topological polar surface area (TPSA) is 76.1 Å². The highest BCUT2D eigenvalue weighted by molar-refractivity contribution is 5.93. The van der Waals surface area contributed by atoms with Gasteiger partial charge in [-0.05, 0) is 51.5 Å². The first kappa shape index (κ1) is 17.7. The van der Waals surface area contributed by atoms with Crippen molar-refractivity contribution in [2.75, 3.05) is 11.9 Å². The van der Waals surface area contributed by atoms with Gasteiger partial charge in [-0.2, -0.15) is 0 Å². The molecule has 0 saturated carbocycles. The van der Waals surface area contributed by atoms with Gasteiger partial charge >= 0.3 is 0 Å². The molecular weight excluding hydrogens is 304 g/mol. The molecule has 6 nitrogen and oxygen atoms in total. The number of nitrogens with one attached hydrogen (secondary N) is 2. The van der Waals surface area contributed by atoms with Crippen LogP contribution in [0.3, 0.4) is 0 Å². The fraction of sp³-hybridized carbons (Fsp3) is 0.389. The van der Waals surface area contributed by atoms with Gasteiger partial charge in [-0.1, -0.05) is 6.92 Å². The van der Waals surface area contributed by atoms with Crippen molar-refractivity contribution in [2.24, 2.45) is 0 Å². The van der Waals surface area contributed by atoms with Gasteiger partial charge in [0.25, 0.3) is 5.91 Å². The third-order valence-corrected chi connectivity index (χ3v) is 3.10. The van der Waals surface area contributed by atoms with Gasteiger partial charge in [0.2, 0.25) is 0 Å². The van der Waals surface area contributed by atoms with Crippen LogP contribution < -0.4 is 15.4 Å². The van der Waals surface area contributed by atoms with E-state index in [0.717, 1.165) is 17.9 Å². The monoisotopic (exact) mass is 328 g/mol. The van der Waals surface area contributed by atoms with E-state index >= 15 is 0 Å². The number of aryl methyl sites for hydroxylation is 1. The maximum absolute atomic E-state index is 12.1. The molecule has 0 unspecified atom stereocenters. The van der Waals surface area contributed by atoms with Gasteiger partial charge in [-0.15, -0.1) is 0 Å². The van der Waals surface area contributed by atoms with Crippen molar-refractivity contribution in [3.63, 3.8) is 0 Å².